The fourth-order valence-corrected chi connectivity index (χ4v) is 4.12. The van der Waals surface area contributed by atoms with E-state index < -0.39 is 22.0 Å². The zero-order chi connectivity index (χ0) is 18.6. The van der Waals surface area contributed by atoms with Crippen LogP contribution in [0, 0.1) is 5.92 Å². The van der Waals surface area contributed by atoms with E-state index in [0.717, 1.165) is 0 Å². The highest BCUT2D eigenvalue weighted by Gasteiger charge is 2.34. The Morgan fingerprint density at radius 2 is 1.92 bits per heavy atom. The standard InChI is InChI=1S/C15H20ClNO7S/c1-21-11-6-10(16)13(7-12(11)22-2)25(19,20)17-15(18)14(23-3)9-4-5-24-8-9/h6-7,9,14H,4-5,8H2,1-3H3,(H,17,18). The monoisotopic (exact) mass is 393 g/mol. The number of nitrogens with one attached hydrogen (secondary N) is 1. The van der Waals surface area contributed by atoms with Gasteiger partial charge in [-0.05, 0) is 6.42 Å². The molecule has 2 rings (SSSR count). The Bertz CT molecular complexity index is 732. The molecule has 0 aromatic heterocycles. The van der Waals surface area contributed by atoms with Crippen molar-refractivity contribution in [2.75, 3.05) is 34.5 Å². The van der Waals surface area contributed by atoms with Crippen LogP contribution in [0.25, 0.3) is 0 Å². The normalized spacial score (nSPS) is 18.6. The third-order valence-electron chi connectivity index (χ3n) is 3.87. The molecule has 2 unspecified atom stereocenters. The summed E-state index contributed by atoms with van der Waals surface area (Å²) in [6.07, 6.45) is -0.320. The second kappa shape index (κ2) is 8.22. The lowest BCUT2D eigenvalue weighted by Gasteiger charge is -2.20. The van der Waals surface area contributed by atoms with Crippen molar-refractivity contribution in [2.45, 2.75) is 17.4 Å². The number of carbonyl (C=O) groups is 1. The number of hydrogen-bond donors (Lipinski definition) is 1. The minimum atomic E-state index is -4.22. The van der Waals surface area contributed by atoms with Gasteiger partial charge in [0.2, 0.25) is 0 Å². The molecule has 0 spiro atoms. The fraction of sp³-hybridized carbons (Fsp3) is 0.533. The molecule has 1 aromatic carbocycles. The van der Waals surface area contributed by atoms with Gasteiger partial charge in [-0.3, -0.25) is 4.79 Å². The molecule has 2 atom stereocenters. The molecule has 140 valence electrons. The van der Waals surface area contributed by atoms with Crippen LogP contribution >= 0.6 is 11.6 Å². The highest BCUT2D eigenvalue weighted by atomic mass is 35.5. The van der Waals surface area contributed by atoms with E-state index in [2.05, 4.69) is 0 Å². The Morgan fingerprint density at radius 3 is 2.44 bits per heavy atom. The topological polar surface area (TPSA) is 100 Å². The lowest BCUT2D eigenvalue weighted by atomic mass is 10.0. The number of amides is 1. The first kappa shape index (κ1) is 19.8. The zero-order valence-corrected chi connectivity index (χ0v) is 15.6. The lowest BCUT2D eigenvalue weighted by molar-refractivity contribution is -0.132. The number of rotatable bonds is 7. The van der Waals surface area contributed by atoms with Crippen molar-refractivity contribution in [2.24, 2.45) is 5.92 Å². The molecule has 0 radical (unpaired) electrons. The third kappa shape index (κ3) is 4.35. The summed E-state index contributed by atoms with van der Waals surface area (Å²) in [6, 6.07) is 2.50. The van der Waals surface area contributed by atoms with E-state index in [-0.39, 0.29) is 27.3 Å². The Hall–Kier alpha value is -1.55. The fourth-order valence-electron chi connectivity index (χ4n) is 2.59. The van der Waals surface area contributed by atoms with Crippen molar-refractivity contribution in [3.63, 3.8) is 0 Å². The maximum absolute atomic E-state index is 12.6. The molecule has 0 bridgehead atoms. The van der Waals surface area contributed by atoms with Gasteiger partial charge in [0.1, 0.15) is 11.0 Å². The lowest BCUT2D eigenvalue weighted by Crippen LogP contribution is -2.43. The van der Waals surface area contributed by atoms with Gasteiger partial charge in [-0.2, -0.15) is 0 Å². The molecule has 25 heavy (non-hydrogen) atoms. The molecule has 0 saturated carbocycles. The van der Waals surface area contributed by atoms with Crippen LogP contribution in [0.2, 0.25) is 5.02 Å². The molecule has 1 N–H and O–H groups in total. The summed E-state index contributed by atoms with van der Waals surface area (Å²) in [6.45, 7) is 0.842. The number of hydrogen-bond acceptors (Lipinski definition) is 7. The van der Waals surface area contributed by atoms with E-state index in [1.165, 1.54) is 33.5 Å². The maximum atomic E-state index is 12.6. The van der Waals surface area contributed by atoms with Gasteiger partial charge in [0.15, 0.2) is 11.5 Å². The summed E-state index contributed by atoms with van der Waals surface area (Å²) in [5.41, 5.74) is 0. The van der Waals surface area contributed by atoms with Gasteiger partial charge in [-0.15, -0.1) is 0 Å². The first-order chi connectivity index (χ1) is 11.8. The molecule has 1 heterocycles. The van der Waals surface area contributed by atoms with E-state index in [9.17, 15) is 13.2 Å². The maximum Gasteiger partial charge on any atom is 0.265 e. The van der Waals surface area contributed by atoms with Crippen molar-refractivity contribution in [1.29, 1.82) is 0 Å². The van der Waals surface area contributed by atoms with Crippen molar-refractivity contribution in [3.05, 3.63) is 17.2 Å². The first-order valence-electron chi connectivity index (χ1n) is 7.42. The van der Waals surface area contributed by atoms with Crippen LogP contribution < -0.4 is 14.2 Å². The van der Waals surface area contributed by atoms with E-state index in [1.54, 1.807) is 0 Å². The number of ether oxygens (including phenoxy) is 4. The Morgan fingerprint density at radius 1 is 1.28 bits per heavy atom. The molecular formula is C15H20ClNO7S. The van der Waals surface area contributed by atoms with Crippen LogP contribution in [0.15, 0.2) is 17.0 Å². The smallest absolute Gasteiger partial charge is 0.265 e. The summed E-state index contributed by atoms with van der Waals surface area (Å²) in [5.74, 6) is -0.534. The molecule has 1 aliphatic rings. The van der Waals surface area contributed by atoms with Gasteiger partial charge in [0.05, 0.1) is 25.8 Å². The molecule has 1 amide bonds. The number of halogens is 1. The summed E-state index contributed by atoms with van der Waals surface area (Å²) in [4.78, 5) is 12.1. The molecule has 1 aliphatic heterocycles. The third-order valence-corrected chi connectivity index (χ3v) is 5.68. The number of sulfonamides is 1. The van der Waals surface area contributed by atoms with Gasteiger partial charge >= 0.3 is 0 Å². The predicted molar refractivity (Wildman–Crippen MR) is 89.6 cm³/mol. The summed E-state index contributed by atoms with van der Waals surface area (Å²) >= 11 is 6.03. The van der Waals surface area contributed by atoms with Crippen LogP contribution in [0.4, 0.5) is 0 Å². The molecule has 0 aliphatic carbocycles. The molecule has 10 heteroatoms. The largest absolute Gasteiger partial charge is 0.493 e. The van der Waals surface area contributed by atoms with E-state index in [0.29, 0.717) is 19.6 Å². The van der Waals surface area contributed by atoms with Gasteiger partial charge in [0, 0.05) is 31.8 Å². The molecule has 1 fully saturated rings. The van der Waals surface area contributed by atoms with E-state index >= 15 is 0 Å². The molecule has 1 saturated heterocycles. The van der Waals surface area contributed by atoms with Crippen LogP contribution in [0.1, 0.15) is 6.42 Å². The number of carbonyl (C=O) groups excluding carboxylic acids is 1. The average Bonchev–Trinajstić information content (AvgIpc) is 3.08. The van der Waals surface area contributed by atoms with Crippen LogP contribution in [-0.2, 0) is 24.3 Å². The van der Waals surface area contributed by atoms with Crippen molar-refractivity contribution < 1.29 is 32.2 Å². The molecule has 8 nitrogen and oxygen atoms in total. The Balaban J connectivity index is 2.27. The zero-order valence-electron chi connectivity index (χ0n) is 14.1. The van der Waals surface area contributed by atoms with E-state index in [1.807, 2.05) is 4.72 Å². The first-order valence-corrected chi connectivity index (χ1v) is 9.29. The highest BCUT2D eigenvalue weighted by molar-refractivity contribution is 7.90. The Labute approximate surface area is 151 Å². The second-order valence-electron chi connectivity index (χ2n) is 5.39. The predicted octanol–water partition coefficient (Wildman–Crippen LogP) is 1.21. The van der Waals surface area contributed by atoms with Crippen LogP contribution in [0.3, 0.4) is 0 Å². The summed E-state index contributed by atoms with van der Waals surface area (Å²) in [5, 5.41) is -0.101. The Kier molecular flexibility index (Phi) is 6.50. The second-order valence-corrected chi connectivity index (χ2v) is 7.45. The van der Waals surface area contributed by atoms with Crippen molar-refractivity contribution >= 4 is 27.5 Å². The van der Waals surface area contributed by atoms with Crippen molar-refractivity contribution in [3.8, 4) is 11.5 Å². The SMILES string of the molecule is COc1cc(Cl)c(S(=O)(=O)NC(=O)C(OC)C2CCOC2)cc1OC. The van der Waals surface area contributed by atoms with Gasteiger partial charge in [-0.25, -0.2) is 13.1 Å². The van der Waals surface area contributed by atoms with Crippen molar-refractivity contribution in [1.82, 2.24) is 4.72 Å². The molecule has 1 aromatic rings. The highest BCUT2D eigenvalue weighted by Crippen LogP contribution is 2.35. The minimum Gasteiger partial charge on any atom is -0.493 e. The van der Waals surface area contributed by atoms with Crippen LogP contribution in [-0.4, -0.2) is 55.0 Å². The van der Waals surface area contributed by atoms with E-state index in [4.69, 9.17) is 30.5 Å². The average molecular weight is 394 g/mol. The summed E-state index contributed by atoms with van der Waals surface area (Å²) in [7, 11) is -0.112. The number of methoxy groups -OCH3 is 3. The van der Waals surface area contributed by atoms with Gasteiger partial charge in [-0.1, -0.05) is 11.6 Å². The number of benzene rings is 1. The minimum absolute atomic E-state index is 0.101. The molecular weight excluding hydrogens is 374 g/mol. The summed E-state index contributed by atoms with van der Waals surface area (Å²) < 4.78 is 47.7. The van der Waals surface area contributed by atoms with Gasteiger partial charge in [0.25, 0.3) is 15.9 Å². The quantitative estimate of drug-likeness (QED) is 0.743. The van der Waals surface area contributed by atoms with Crippen LogP contribution in [0.5, 0.6) is 11.5 Å². The van der Waals surface area contributed by atoms with Gasteiger partial charge < -0.3 is 18.9 Å².